The molecule has 2 N–H and O–H groups in total. The Hall–Kier alpha value is -1.03. The molecule has 2 rings (SSSR count). The fourth-order valence-electron chi connectivity index (χ4n) is 2.66. The van der Waals surface area contributed by atoms with Gasteiger partial charge < -0.3 is 20.3 Å². The molecule has 0 atom stereocenters. The molecule has 1 saturated heterocycles. The molecule has 1 aliphatic rings. The third-order valence-corrected chi connectivity index (χ3v) is 4.88. The number of halogens is 1. The lowest BCUT2D eigenvalue weighted by Gasteiger charge is -2.32. The molecular formula is C17H29IN4O2S. The largest absolute Gasteiger partial charge is 0.450 e. The van der Waals surface area contributed by atoms with Gasteiger partial charge in [-0.3, -0.25) is 0 Å². The summed E-state index contributed by atoms with van der Waals surface area (Å²) in [5.41, 5.74) is 0. The van der Waals surface area contributed by atoms with Gasteiger partial charge in [0.1, 0.15) is 0 Å². The van der Waals surface area contributed by atoms with Crippen molar-refractivity contribution >= 4 is 47.4 Å². The molecule has 8 heteroatoms. The Labute approximate surface area is 171 Å². The summed E-state index contributed by atoms with van der Waals surface area (Å²) in [6, 6.07) is 4.59. The van der Waals surface area contributed by atoms with Gasteiger partial charge in [-0.1, -0.05) is 0 Å². The van der Waals surface area contributed by atoms with Crippen molar-refractivity contribution in [3.63, 3.8) is 0 Å². The van der Waals surface area contributed by atoms with Crippen LogP contribution in [0.3, 0.4) is 0 Å². The number of ether oxygens (including phenoxy) is 1. The van der Waals surface area contributed by atoms with Crippen LogP contribution in [0.4, 0.5) is 4.79 Å². The molecular weight excluding hydrogens is 451 g/mol. The van der Waals surface area contributed by atoms with Gasteiger partial charge >= 0.3 is 6.09 Å². The third kappa shape index (κ3) is 7.39. The van der Waals surface area contributed by atoms with Gasteiger partial charge in [0.05, 0.1) is 13.2 Å². The van der Waals surface area contributed by atoms with Crippen molar-refractivity contribution < 1.29 is 9.53 Å². The van der Waals surface area contributed by atoms with Crippen LogP contribution in [-0.2, 0) is 11.3 Å². The summed E-state index contributed by atoms with van der Waals surface area (Å²) in [4.78, 5) is 20.8. The maximum atomic E-state index is 11.7. The van der Waals surface area contributed by atoms with Crippen molar-refractivity contribution in [1.82, 2.24) is 15.5 Å². The number of nitrogens with one attached hydrogen (secondary N) is 2. The van der Waals surface area contributed by atoms with Crippen molar-refractivity contribution in [2.45, 2.75) is 46.2 Å². The lowest BCUT2D eigenvalue weighted by Crippen LogP contribution is -2.49. The predicted octanol–water partition coefficient (Wildman–Crippen LogP) is 3.35. The number of piperidine rings is 1. The molecule has 1 aromatic heterocycles. The second-order valence-corrected chi connectivity index (χ2v) is 7.18. The molecule has 1 amide bonds. The molecule has 25 heavy (non-hydrogen) atoms. The Kier molecular flexibility index (Phi) is 10.2. The number of nitrogens with zero attached hydrogens (tertiary/aromatic N) is 2. The first-order valence-corrected chi connectivity index (χ1v) is 9.45. The van der Waals surface area contributed by atoms with Gasteiger partial charge in [0.25, 0.3) is 0 Å². The number of likely N-dealkylation sites (tertiary alicyclic amines) is 1. The molecule has 6 nitrogen and oxygen atoms in total. The number of guanidine groups is 1. The average molecular weight is 480 g/mol. The summed E-state index contributed by atoms with van der Waals surface area (Å²) in [5.74, 6) is 0.845. The lowest BCUT2D eigenvalue weighted by atomic mass is 10.1. The Bertz CT molecular complexity index is 557. The van der Waals surface area contributed by atoms with E-state index in [1.54, 1.807) is 16.2 Å². The highest BCUT2D eigenvalue weighted by atomic mass is 127. The molecule has 0 aromatic carbocycles. The molecule has 1 aliphatic heterocycles. The van der Waals surface area contributed by atoms with Gasteiger partial charge in [0.15, 0.2) is 5.96 Å². The molecule has 0 bridgehead atoms. The van der Waals surface area contributed by atoms with Crippen molar-refractivity contribution in [2.75, 3.05) is 26.2 Å². The topological polar surface area (TPSA) is 66.0 Å². The Morgan fingerprint density at radius 2 is 2.08 bits per heavy atom. The van der Waals surface area contributed by atoms with Gasteiger partial charge in [-0.15, -0.1) is 35.3 Å². The Morgan fingerprint density at radius 1 is 1.36 bits per heavy atom. The van der Waals surface area contributed by atoms with Crippen LogP contribution >= 0.6 is 35.3 Å². The fourth-order valence-corrected chi connectivity index (χ4v) is 3.48. The van der Waals surface area contributed by atoms with E-state index in [2.05, 4.69) is 41.6 Å². The number of hydrogen-bond acceptors (Lipinski definition) is 4. The van der Waals surface area contributed by atoms with Crippen molar-refractivity contribution in [1.29, 1.82) is 0 Å². The smallest absolute Gasteiger partial charge is 0.409 e. The van der Waals surface area contributed by atoms with E-state index in [-0.39, 0.29) is 30.1 Å². The van der Waals surface area contributed by atoms with Gasteiger partial charge in [-0.2, -0.15) is 0 Å². The molecule has 1 aromatic rings. The predicted molar refractivity (Wildman–Crippen MR) is 114 cm³/mol. The van der Waals surface area contributed by atoms with Crippen LogP contribution in [0.25, 0.3) is 0 Å². The van der Waals surface area contributed by atoms with Gasteiger partial charge in [0.2, 0.25) is 0 Å². The number of rotatable bonds is 5. The quantitative estimate of drug-likeness (QED) is 0.386. The number of aryl methyl sites for hydroxylation is 1. The number of amides is 1. The maximum Gasteiger partial charge on any atom is 0.409 e. The highest BCUT2D eigenvalue weighted by Crippen LogP contribution is 2.16. The first-order chi connectivity index (χ1) is 11.6. The van der Waals surface area contributed by atoms with Crippen molar-refractivity contribution in [3.8, 4) is 0 Å². The van der Waals surface area contributed by atoms with E-state index in [0.717, 1.165) is 38.4 Å². The summed E-state index contributed by atoms with van der Waals surface area (Å²) in [6.07, 6.45) is 1.60. The molecule has 0 aliphatic carbocycles. The monoisotopic (exact) mass is 480 g/mol. The molecule has 142 valence electrons. The fraction of sp³-hybridized carbons (Fsp3) is 0.647. The maximum absolute atomic E-state index is 11.7. The van der Waals surface area contributed by atoms with Crippen LogP contribution < -0.4 is 10.6 Å². The molecule has 2 heterocycles. The molecule has 0 unspecified atom stereocenters. The number of hydrogen-bond donors (Lipinski definition) is 2. The van der Waals surface area contributed by atoms with Gasteiger partial charge in [0, 0.05) is 35.4 Å². The van der Waals surface area contributed by atoms with Crippen LogP contribution in [0.2, 0.25) is 0 Å². The standard InChI is InChI=1S/C17H28N4O2S.HI/c1-4-18-16(19-12-15-7-6-13(3)24-15)20-14-8-10-21(11-9-14)17(22)23-5-2;/h6-7,14H,4-5,8-12H2,1-3H3,(H2,18,19,20);1H. The zero-order valence-electron chi connectivity index (χ0n) is 15.2. The van der Waals surface area contributed by atoms with Crippen molar-refractivity contribution in [2.24, 2.45) is 4.99 Å². The number of carbonyl (C=O) groups is 1. The average Bonchev–Trinajstić information content (AvgIpc) is 2.99. The zero-order valence-corrected chi connectivity index (χ0v) is 18.4. The second-order valence-electron chi connectivity index (χ2n) is 5.81. The van der Waals surface area contributed by atoms with E-state index >= 15 is 0 Å². The lowest BCUT2D eigenvalue weighted by molar-refractivity contribution is 0.0963. The molecule has 0 spiro atoms. The minimum atomic E-state index is -0.204. The van der Waals surface area contributed by atoms with Crippen LogP contribution in [-0.4, -0.2) is 49.2 Å². The van der Waals surface area contributed by atoms with Crippen LogP contribution in [0, 0.1) is 6.92 Å². The summed E-state index contributed by atoms with van der Waals surface area (Å²) in [5, 5.41) is 6.79. The van der Waals surface area contributed by atoms with E-state index in [0.29, 0.717) is 19.2 Å². The SMILES string of the molecule is CCNC(=NCc1ccc(C)s1)NC1CCN(C(=O)OCC)CC1.I. The summed E-state index contributed by atoms with van der Waals surface area (Å²) in [7, 11) is 0. The molecule has 1 fully saturated rings. The summed E-state index contributed by atoms with van der Waals surface area (Å²) in [6.45, 7) is 9.40. The van der Waals surface area contributed by atoms with E-state index in [1.807, 2.05) is 6.92 Å². The molecule has 0 radical (unpaired) electrons. The highest BCUT2D eigenvalue weighted by Gasteiger charge is 2.23. The van der Waals surface area contributed by atoms with Crippen LogP contribution in [0.5, 0.6) is 0 Å². The Morgan fingerprint density at radius 3 is 2.64 bits per heavy atom. The summed E-state index contributed by atoms with van der Waals surface area (Å²) >= 11 is 1.78. The van der Waals surface area contributed by atoms with Gasteiger partial charge in [-0.05, 0) is 45.7 Å². The minimum absolute atomic E-state index is 0. The second kappa shape index (κ2) is 11.6. The van der Waals surface area contributed by atoms with E-state index in [1.165, 1.54) is 9.75 Å². The first-order valence-electron chi connectivity index (χ1n) is 8.64. The summed E-state index contributed by atoms with van der Waals surface area (Å²) < 4.78 is 5.06. The zero-order chi connectivity index (χ0) is 17.4. The van der Waals surface area contributed by atoms with E-state index in [9.17, 15) is 4.79 Å². The number of aliphatic imine (C=N–C) groups is 1. The Balaban J connectivity index is 0.00000312. The van der Waals surface area contributed by atoms with Crippen molar-refractivity contribution in [3.05, 3.63) is 21.9 Å². The highest BCUT2D eigenvalue weighted by molar-refractivity contribution is 14.0. The normalized spacial score (nSPS) is 15.5. The molecule has 0 saturated carbocycles. The third-order valence-electron chi connectivity index (χ3n) is 3.90. The van der Waals surface area contributed by atoms with Crippen LogP contribution in [0.15, 0.2) is 17.1 Å². The number of carbonyl (C=O) groups excluding carboxylic acids is 1. The van der Waals surface area contributed by atoms with Crippen LogP contribution in [0.1, 0.15) is 36.4 Å². The minimum Gasteiger partial charge on any atom is -0.450 e. The van der Waals surface area contributed by atoms with E-state index in [4.69, 9.17) is 4.74 Å². The van der Waals surface area contributed by atoms with E-state index < -0.39 is 0 Å². The number of thiophene rings is 1. The first kappa shape index (κ1) is 22.0. The van der Waals surface area contributed by atoms with Gasteiger partial charge in [-0.25, -0.2) is 9.79 Å².